The van der Waals surface area contributed by atoms with Crippen molar-refractivity contribution in [3.05, 3.63) is 72.3 Å². The van der Waals surface area contributed by atoms with Gasteiger partial charge in [0.25, 0.3) is 5.91 Å². The molecule has 1 aliphatic rings. The van der Waals surface area contributed by atoms with E-state index in [4.69, 9.17) is 4.74 Å². The second-order valence-corrected chi connectivity index (χ2v) is 8.82. The Bertz CT molecular complexity index is 984. The highest BCUT2D eigenvalue weighted by atomic mass is 32.2. The molecule has 30 heavy (non-hydrogen) atoms. The van der Waals surface area contributed by atoms with Gasteiger partial charge in [0.2, 0.25) is 10.0 Å². The number of ether oxygens (including phenoxy) is 1. The summed E-state index contributed by atoms with van der Waals surface area (Å²) in [6.45, 7) is 7.13. The highest BCUT2D eigenvalue weighted by Gasteiger charge is 2.19. The van der Waals surface area contributed by atoms with E-state index in [1.54, 1.807) is 11.9 Å². The predicted octanol–water partition coefficient (Wildman–Crippen LogP) is 2.26. The number of carbonyl (C=O) groups excluding carboxylic acids is 1. The third kappa shape index (κ3) is 5.27. The number of nitrogens with one attached hydrogen (secondary N) is 1. The first kappa shape index (κ1) is 22.0. The predicted molar refractivity (Wildman–Crippen MR) is 117 cm³/mol. The Morgan fingerprint density at radius 1 is 1.17 bits per heavy atom. The third-order valence-corrected chi connectivity index (χ3v) is 6.37. The second kappa shape index (κ2) is 9.88. The third-order valence-electron chi connectivity index (χ3n) is 4.93. The van der Waals surface area contributed by atoms with Crippen LogP contribution in [-0.2, 0) is 21.3 Å². The molecule has 1 fully saturated rings. The number of nitrogens with zero attached hydrogens (tertiary/aromatic N) is 2. The standard InChI is InChI=1S/C22H27N3O4S/c1-3-12-23-30(27,28)20-10-8-18(9-11-20)22(26)24(2)17-19-6-4-5-7-21(19)25-13-15-29-16-14-25/h3-11,23H,1,12-17H2,2H3. The lowest BCUT2D eigenvalue weighted by atomic mass is 10.1. The summed E-state index contributed by atoms with van der Waals surface area (Å²) >= 11 is 0. The Labute approximate surface area is 178 Å². The number of rotatable bonds is 8. The molecule has 0 spiro atoms. The van der Waals surface area contributed by atoms with Crippen LogP contribution in [0, 0.1) is 0 Å². The molecular weight excluding hydrogens is 402 g/mol. The van der Waals surface area contributed by atoms with E-state index in [2.05, 4.69) is 22.3 Å². The number of hydrogen-bond donors (Lipinski definition) is 1. The lowest BCUT2D eigenvalue weighted by Crippen LogP contribution is -2.37. The summed E-state index contributed by atoms with van der Waals surface area (Å²) in [4.78, 5) is 16.9. The van der Waals surface area contributed by atoms with Crippen LogP contribution in [0.4, 0.5) is 5.69 Å². The monoisotopic (exact) mass is 429 g/mol. The lowest BCUT2D eigenvalue weighted by Gasteiger charge is -2.31. The van der Waals surface area contributed by atoms with Gasteiger partial charge in [0.05, 0.1) is 18.1 Å². The second-order valence-electron chi connectivity index (χ2n) is 7.05. The quantitative estimate of drug-likeness (QED) is 0.652. The summed E-state index contributed by atoms with van der Waals surface area (Å²) in [6.07, 6.45) is 1.47. The van der Waals surface area contributed by atoms with E-state index in [-0.39, 0.29) is 17.3 Å². The summed E-state index contributed by atoms with van der Waals surface area (Å²) in [6, 6.07) is 14.0. The number of amides is 1. The molecule has 0 aliphatic carbocycles. The van der Waals surface area contributed by atoms with E-state index in [9.17, 15) is 13.2 Å². The van der Waals surface area contributed by atoms with Gasteiger partial charge in [-0.3, -0.25) is 4.79 Å². The van der Waals surface area contributed by atoms with Crippen LogP contribution in [0.3, 0.4) is 0 Å². The topological polar surface area (TPSA) is 79.0 Å². The van der Waals surface area contributed by atoms with Crippen molar-refractivity contribution in [3.63, 3.8) is 0 Å². The molecule has 3 rings (SSSR count). The van der Waals surface area contributed by atoms with Crippen LogP contribution >= 0.6 is 0 Å². The van der Waals surface area contributed by atoms with Crippen molar-refractivity contribution in [2.24, 2.45) is 0 Å². The first-order valence-electron chi connectivity index (χ1n) is 9.79. The van der Waals surface area contributed by atoms with Crippen molar-refractivity contribution in [2.75, 3.05) is 44.8 Å². The zero-order chi connectivity index (χ0) is 21.6. The Morgan fingerprint density at radius 3 is 2.50 bits per heavy atom. The number of morpholine rings is 1. The molecule has 7 nitrogen and oxygen atoms in total. The van der Waals surface area contributed by atoms with E-state index in [1.807, 2.05) is 18.2 Å². The molecule has 0 radical (unpaired) electrons. The molecule has 1 heterocycles. The molecule has 1 saturated heterocycles. The molecule has 1 amide bonds. The normalized spacial score (nSPS) is 14.4. The number of sulfonamides is 1. The first-order chi connectivity index (χ1) is 14.4. The van der Waals surface area contributed by atoms with Gasteiger partial charge in [-0.15, -0.1) is 6.58 Å². The van der Waals surface area contributed by atoms with E-state index in [0.717, 1.165) is 24.3 Å². The number of anilines is 1. The fourth-order valence-electron chi connectivity index (χ4n) is 3.33. The van der Waals surface area contributed by atoms with Crippen LogP contribution in [-0.4, -0.2) is 59.1 Å². The highest BCUT2D eigenvalue weighted by molar-refractivity contribution is 7.89. The van der Waals surface area contributed by atoms with Crippen LogP contribution < -0.4 is 9.62 Å². The van der Waals surface area contributed by atoms with E-state index in [0.29, 0.717) is 25.3 Å². The van der Waals surface area contributed by atoms with Crippen LogP contribution in [0.2, 0.25) is 0 Å². The molecule has 0 aromatic heterocycles. The minimum absolute atomic E-state index is 0.112. The average Bonchev–Trinajstić information content (AvgIpc) is 2.78. The summed E-state index contributed by atoms with van der Waals surface area (Å²) in [5, 5.41) is 0. The molecule has 160 valence electrons. The van der Waals surface area contributed by atoms with Gasteiger partial charge >= 0.3 is 0 Å². The van der Waals surface area contributed by atoms with Crippen molar-refractivity contribution in [1.29, 1.82) is 0 Å². The lowest BCUT2D eigenvalue weighted by molar-refractivity contribution is 0.0784. The van der Waals surface area contributed by atoms with Crippen LogP contribution in [0.15, 0.2) is 66.1 Å². The minimum atomic E-state index is -3.61. The van der Waals surface area contributed by atoms with Gasteiger partial charge in [0.1, 0.15) is 0 Å². The molecule has 0 unspecified atom stereocenters. The molecule has 0 atom stereocenters. The molecule has 0 bridgehead atoms. The number of carbonyl (C=O) groups is 1. The van der Waals surface area contributed by atoms with Gasteiger partial charge in [0.15, 0.2) is 0 Å². The van der Waals surface area contributed by atoms with Gasteiger partial charge in [-0.25, -0.2) is 13.1 Å². The van der Waals surface area contributed by atoms with Gasteiger partial charge in [-0.1, -0.05) is 24.3 Å². The van der Waals surface area contributed by atoms with Crippen LogP contribution in [0.25, 0.3) is 0 Å². The van der Waals surface area contributed by atoms with E-state index < -0.39 is 10.0 Å². The summed E-state index contributed by atoms with van der Waals surface area (Å²) in [7, 11) is -1.87. The van der Waals surface area contributed by atoms with Crippen molar-refractivity contribution < 1.29 is 17.9 Å². The number of para-hydroxylation sites is 1. The van der Waals surface area contributed by atoms with Gasteiger partial charge in [-0.2, -0.15) is 0 Å². The minimum Gasteiger partial charge on any atom is -0.378 e. The first-order valence-corrected chi connectivity index (χ1v) is 11.3. The zero-order valence-corrected chi connectivity index (χ0v) is 17.9. The smallest absolute Gasteiger partial charge is 0.253 e. The van der Waals surface area contributed by atoms with Gasteiger partial charge in [0, 0.05) is 44.5 Å². The van der Waals surface area contributed by atoms with Gasteiger partial charge in [-0.05, 0) is 35.9 Å². The number of benzene rings is 2. The van der Waals surface area contributed by atoms with E-state index in [1.165, 1.54) is 30.3 Å². The summed E-state index contributed by atoms with van der Waals surface area (Å²) < 4.78 is 32.2. The van der Waals surface area contributed by atoms with Crippen molar-refractivity contribution in [1.82, 2.24) is 9.62 Å². The maximum absolute atomic E-state index is 12.9. The van der Waals surface area contributed by atoms with E-state index >= 15 is 0 Å². The van der Waals surface area contributed by atoms with Crippen molar-refractivity contribution in [2.45, 2.75) is 11.4 Å². The largest absolute Gasteiger partial charge is 0.378 e. The molecule has 1 aliphatic heterocycles. The Balaban J connectivity index is 1.71. The summed E-state index contributed by atoms with van der Waals surface area (Å²) in [5.74, 6) is -0.172. The highest BCUT2D eigenvalue weighted by Crippen LogP contribution is 2.23. The number of hydrogen-bond acceptors (Lipinski definition) is 5. The molecule has 0 saturated carbocycles. The molecular formula is C22H27N3O4S. The van der Waals surface area contributed by atoms with Crippen molar-refractivity contribution in [3.8, 4) is 0 Å². The maximum atomic E-state index is 12.9. The average molecular weight is 430 g/mol. The van der Waals surface area contributed by atoms with Crippen LogP contribution in [0.5, 0.6) is 0 Å². The molecule has 8 heteroatoms. The molecule has 2 aromatic rings. The Kier molecular flexibility index (Phi) is 7.25. The SMILES string of the molecule is C=CCNS(=O)(=O)c1ccc(C(=O)N(C)Cc2ccccc2N2CCOCC2)cc1. The molecule has 2 aromatic carbocycles. The summed E-state index contributed by atoms with van der Waals surface area (Å²) in [5.41, 5.74) is 2.60. The van der Waals surface area contributed by atoms with Gasteiger partial charge < -0.3 is 14.5 Å². The molecule has 1 N–H and O–H groups in total. The van der Waals surface area contributed by atoms with Crippen LogP contribution in [0.1, 0.15) is 15.9 Å². The Morgan fingerprint density at radius 2 is 1.83 bits per heavy atom. The van der Waals surface area contributed by atoms with Crippen molar-refractivity contribution >= 4 is 21.6 Å². The fourth-order valence-corrected chi connectivity index (χ4v) is 4.33. The Hall–Kier alpha value is -2.68. The zero-order valence-electron chi connectivity index (χ0n) is 17.1. The maximum Gasteiger partial charge on any atom is 0.253 e. The fraction of sp³-hybridized carbons (Fsp3) is 0.318.